The third-order valence-electron chi connectivity index (χ3n) is 3.59. The van der Waals surface area contributed by atoms with Gasteiger partial charge in [0.2, 0.25) is 5.78 Å². The molecule has 2 unspecified atom stereocenters. The van der Waals surface area contributed by atoms with E-state index in [-0.39, 0.29) is 0 Å². The summed E-state index contributed by atoms with van der Waals surface area (Å²) in [4.78, 5) is 8.30. The van der Waals surface area contributed by atoms with Crippen LogP contribution in [0.3, 0.4) is 0 Å². The number of aromatic nitrogens is 3. The minimum Gasteiger partial charge on any atom is -0.371 e. The lowest BCUT2D eigenvalue weighted by molar-refractivity contribution is 0.204. The van der Waals surface area contributed by atoms with Crippen LogP contribution in [0.1, 0.15) is 25.7 Å². The molecule has 1 N–H and O–H groups in total. The molecule has 0 aliphatic heterocycles. The van der Waals surface area contributed by atoms with Crippen molar-refractivity contribution in [2.75, 3.05) is 11.9 Å². The summed E-state index contributed by atoms with van der Waals surface area (Å²) >= 11 is 0. The summed E-state index contributed by atoms with van der Waals surface area (Å²) < 4.78 is 15.2. The van der Waals surface area contributed by atoms with Crippen molar-refractivity contribution in [3.05, 3.63) is 24.7 Å². The normalized spacial score (nSPS) is 24.3. The summed E-state index contributed by atoms with van der Waals surface area (Å²) in [5, 5.41) is 3.38. The third-order valence-corrected chi connectivity index (χ3v) is 3.59. The number of rotatable bonds is 3. The van der Waals surface area contributed by atoms with Crippen LogP contribution in [0.4, 0.5) is 10.2 Å². The number of anilines is 1. The van der Waals surface area contributed by atoms with Gasteiger partial charge < -0.3 is 5.32 Å². The first-order valence-electron chi connectivity index (χ1n) is 6.49. The number of imidazole rings is 1. The lowest BCUT2D eigenvalue weighted by atomic mass is 9.88. The number of hydrogen-bond acceptors (Lipinski definition) is 3. The van der Waals surface area contributed by atoms with E-state index in [2.05, 4.69) is 15.3 Å². The minimum absolute atomic E-state index is 0.431. The Balaban J connectivity index is 1.67. The molecule has 2 aromatic rings. The second-order valence-corrected chi connectivity index (χ2v) is 4.94. The number of hydrogen-bond donors (Lipinski definition) is 1. The highest BCUT2D eigenvalue weighted by atomic mass is 19.1. The van der Waals surface area contributed by atoms with Crippen molar-refractivity contribution in [2.45, 2.75) is 31.9 Å². The first kappa shape index (κ1) is 11.4. The van der Waals surface area contributed by atoms with Gasteiger partial charge in [-0.3, -0.25) is 4.40 Å². The molecule has 2 heterocycles. The van der Waals surface area contributed by atoms with Gasteiger partial charge in [0.05, 0.1) is 0 Å². The van der Waals surface area contributed by atoms with E-state index in [1.807, 2.05) is 16.7 Å². The lowest BCUT2D eigenvalue weighted by Crippen LogP contribution is -2.23. The molecule has 0 bridgehead atoms. The number of nitrogens with one attached hydrogen (secondary N) is 1. The van der Waals surface area contributed by atoms with Crippen molar-refractivity contribution in [1.29, 1.82) is 0 Å². The molecule has 0 radical (unpaired) electrons. The van der Waals surface area contributed by atoms with Gasteiger partial charge in [0.1, 0.15) is 12.0 Å². The number of alkyl halides is 1. The van der Waals surface area contributed by atoms with Crippen molar-refractivity contribution in [2.24, 2.45) is 5.92 Å². The Morgan fingerprint density at radius 3 is 3.11 bits per heavy atom. The zero-order chi connectivity index (χ0) is 12.4. The highest BCUT2D eigenvalue weighted by Crippen LogP contribution is 2.26. The second kappa shape index (κ2) is 4.92. The SMILES string of the molecule is FC1CCCC(CNc2ccnc3nccn23)C1. The van der Waals surface area contributed by atoms with Gasteiger partial charge in [0.25, 0.3) is 0 Å². The van der Waals surface area contributed by atoms with Crippen LogP contribution < -0.4 is 5.32 Å². The molecule has 1 aliphatic rings. The third kappa shape index (κ3) is 2.30. The van der Waals surface area contributed by atoms with Crippen LogP contribution in [0.15, 0.2) is 24.7 Å². The largest absolute Gasteiger partial charge is 0.371 e. The fourth-order valence-corrected chi connectivity index (χ4v) is 2.64. The molecule has 3 rings (SSSR count). The summed E-state index contributed by atoms with van der Waals surface area (Å²) in [6.45, 7) is 0.817. The lowest BCUT2D eigenvalue weighted by Gasteiger charge is -2.25. The van der Waals surface area contributed by atoms with Crippen molar-refractivity contribution in [3.8, 4) is 0 Å². The standard InChI is InChI=1S/C13H17FN4/c14-11-3-1-2-10(8-11)9-17-12-4-5-15-13-16-6-7-18(12)13/h4-7,10-11,17H,1-3,8-9H2. The first-order chi connectivity index (χ1) is 8.83. The Morgan fingerprint density at radius 1 is 1.33 bits per heavy atom. The maximum Gasteiger partial charge on any atom is 0.235 e. The number of nitrogens with zero attached hydrogens (tertiary/aromatic N) is 3. The molecular weight excluding hydrogens is 231 g/mol. The van der Waals surface area contributed by atoms with Crippen molar-refractivity contribution in [3.63, 3.8) is 0 Å². The highest BCUT2D eigenvalue weighted by molar-refractivity contribution is 5.44. The molecule has 1 aliphatic carbocycles. The summed E-state index contributed by atoms with van der Waals surface area (Å²) in [7, 11) is 0. The van der Waals surface area contributed by atoms with E-state index >= 15 is 0 Å². The number of fused-ring (bicyclic) bond motifs is 1. The Bertz CT molecular complexity index is 524. The van der Waals surface area contributed by atoms with E-state index in [0.717, 1.165) is 31.6 Å². The average Bonchev–Trinajstić information content (AvgIpc) is 2.85. The van der Waals surface area contributed by atoms with E-state index in [4.69, 9.17) is 0 Å². The van der Waals surface area contributed by atoms with Gasteiger partial charge in [0.15, 0.2) is 0 Å². The molecule has 0 saturated heterocycles. The van der Waals surface area contributed by atoms with Gasteiger partial charge in [-0.15, -0.1) is 0 Å². The first-order valence-corrected chi connectivity index (χ1v) is 6.49. The van der Waals surface area contributed by atoms with Crippen LogP contribution in [-0.2, 0) is 0 Å². The molecular formula is C13H17FN4. The Hall–Kier alpha value is -1.65. The predicted octanol–water partition coefficient (Wildman–Crippen LogP) is 2.67. The predicted molar refractivity (Wildman–Crippen MR) is 68.3 cm³/mol. The topological polar surface area (TPSA) is 42.2 Å². The fourth-order valence-electron chi connectivity index (χ4n) is 2.64. The Kier molecular flexibility index (Phi) is 3.13. The Labute approximate surface area is 105 Å². The van der Waals surface area contributed by atoms with Gasteiger partial charge in [0, 0.05) is 25.1 Å². The molecule has 1 fully saturated rings. The summed E-state index contributed by atoms with van der Waals surface area (Å²) in [5.41, 5.74) is 0. The minimum atomic E-state index is -0.615. The van der Waals surface area contributed by atoms with E-state index < -0.39 is 6.17 Å². The smallest absolute Gasteiger partial charge is 0.235 e. The van der Waals surface area contributed by atoms with E-state index in [1.165, 1.54) is 0 Å². The molecule has 4 nitrogen and oxygen atoms in total. The van der Waals surface area contributed by atoms with E-state index in [0.29, 0.717) is 18.1 Å². The molecule has 96 valence electrons. The monoisotopic (exact) mass is 248 g/mol. The fraction of sp³-hybridized carbons (Fsp3) is 0.538. The van der Waals surface area contributed by atoms with Crippen LogP contribution in [0.25, 0.3) is 5.78 Å². The highest BCUT2D eigenvalue weighted by Gasteiger charge is 2.21. The molecule has 1 saturated carbocycles. The van der Waals surface area contributed by atoms with Crippen molar-refractivity contribution in [1.82, 2.24) is 14.4 Å². The van der Waals surface area contributed by atoms with E-state index in [1.54, 1.807) is 12.4 Å². The quantitative estimate of drug-likeness (QED) is 0.908. The molecule has 0 aromatic carbocycles. The molecule has 0 amide bonds. The van der Waals surface area contributed by atoms with E-state index in [9.17, 15) is 4.39 Å². The van der Waals surface area contributed by atoms with Gasteiger partial charge in [-0.2, -0.15) is 0 Å². The summed E-state index contributed by atoms with van der Waals surface area (Å²) in [5.74, 6) is 2.09. The van der Waals surface area contributed by atoms with Crippen LogP contribution in [0, 0.1) is 5.92 Å². The van der Waals surface area contributed by atoms with Gasteiger partial charge in [-0.1, -0.05) is 6.42 Å². The maximum atomic E-state index is 13.3. The second-order valence-electron chi connectivity index (χ2n) is 4.94. The summed E-state index contributed by atoms with van der Waals surface area (Å²) in [6.07, 6.45) is 8.27. The van der Waals surface area contributed by atoms with Gasteiger partial charge in [-0.25, -0.2) is 14.4 Å². The molecule has 5 heteroatoms. The van der Waals surface area contributed by atoms with Crippen molar-refractivity contribution >= 4 is 11.6 Å². The Morgan fingerprint density at radius 2 is 2.22 bits per heavy atom. The zero-order valence-corrected chi connectivity index (χ0v) is 10.2. The van der Waals surface area contributed by atoms with Crippen LogP contribution >= 0.6 is 0 Å². The van der Waals surface area contributed by atoms with Crippen LogP contribution in [0.2, 0.25) is 0 Å². The maximum absolute atomic E-state index is 13.3. The van der Waals surface area contributed by atoms with Crippen molar-refractivity contribution < 1.29 is 4.39 Å². The van der Waals surface area contributed by atoms with Crippen LogP contribution in [-0.4, -0.2) is 27.1 Å². The van der Waals surface area contributed by atoms with Crippen LogP contribution in [0.5, 0.6) is 0 Å². The zero-order valence-electron chi connectivity index (χ0n) is 10.2. The van der Waals surface area contributed by atoms with Gasteiger partial charge >= 0.3 is 0 Å². The molecule has 18 heavy (non-hydrogen) atoms. The summed E-state index contributed by atoms with van der Waals surface area (Å²) in [6, 6.07) is 1.92. The number of halogens is 1. The molecule has 0 spiro atoms. The van der Waals surface area contributed by atoms with Gasteiger partial charge in [-0.05, 0) is 31.2 Å². The average molecular weight is 248 g/mol. The molecule has 2 aromatic heterocycles. The molecule has 2 atom stereocenters.